The molecule has 0 amide bonds. The maximum atomic E-state index is 13.6. The number of aromatic nitrogens is 2. The summed E-state index contributed by atoms with van der Waals surface area (Å²) in [4.78, 5) is 18.4. The van der Waals surface area contributed by atoms with Gasteiger partial charge in [-0.2, -0.15) is 9.78 Å². The van der Waals surface area contributed by atoms with E-state index in [2.05, 4.69) is 37.0 Å². The first-order valence-electron chi connectivity index (χ1n) is 12.9. The second-order valence-electron chi connectivity index (χ2n) is 9.13. The van der Waals surface area contributed by atoms with Crippen molar-refractivity contribution >= 4 is 59.9 Å². The molecule has 0 unspecified atom stereocenters. The van der Waals surface area contributed by atoms with Gasteiger partial charge in [-0.15, -0.1) is 0 Å². The topological polar surface area (TPSA) is 78.9 Å². The zero-order chi connectivity index (χ0) is 28.3. The van der Waals surface area contributed by atoms with Crippen molar-refractivity contribution < 1.29 is 13.9 Å². The summed E-state index contributed by atoms with van der Waals surface area (Å²) >= 11 is 7.09. The Hall–Kier alpha value is -4.21. The van der Waals surface area contributed by atoms with Crippen LogP contribution >= 0.6 is 31.9 Å². The summed E-state index contributed by atoms with van der Waals surface area (Å²) in [5.74, 6) is 1.90. The predicted octanol–water partition coefficient (Wildman–Crippen LogP) is 8.19. The van der Waals surface area contributed by atoms with Gasteiger partial charge in [0.05, 0.1) is 23.7 Å². The Labute approximate surface area is 252 Å². The molecule has 7 nitrogen and oxygen atoms in total. The lowest BCUT2D eigenvalue weighted by Crippen LogP contribution is -2.20. The van der Waals surface area contributed by atoms with E-state index in [1.54, 1.807) is 24.4 Å². The summed E-state index contributed by atoms with van der Waals surface area (Å²) in [7, 11) is 0. The van der Waals surface area contributed by atoms with Crippen LogP contribution in [0.3, 0.4) is 0 Å². The summed E-state index contributed by atoms with van der Waals surface area (Å²) in [5, 5.41) is 5.95. The highest BCUT2D eigenvalue weighted by Crippen LogP contribution is 2.34. The van der Waals surface area contributed by atoms with Crippen LogP contribution in [0.4, 0.5) is 0 Å². The van der Waals surface area contributed by atoms with Crippen molar-refractivity contribution in [2.45, 2.75) is 13.5 Å². The molecule has 0 aliphatic rings. The summed E-state index contributed by atoms with van der Waals surface area (Å²) in [6.07, 6.45) is 1.59. The first-order valence-corrected chi connectivity index (χ1v) is 14.5. The molecule has 0 spiro atoms. The number of rotatable bonds is 8. The van der Waals surface area contributed by atoms with Crippen LogP contribution in [0.25, 0.3) is 33.5 Å². The van der Waals surface area contributed by atoms with Gasteiger partial charge in [0.15, 0.2) is 17.3 Å². The van der Waals surface area contributed by atoms with Crippen molar-refractivity contribution in [2.75, 3.05) is 6.61 Å². The molecule has 0 aliphatic carbocycles. The van der Waals surface area contributed by atoms with Crippen molar-refractivity contribution in [2.24, 2.45) is 5.10 Å². The number of halogens is 2. The molecule has 0 N–H and O–H groups in total. The van der Waals surface area contributed by atoms with E-state index in [4.69, 9.17) is 18.9 Å². The van der Waals surface area contributed by atoms with E-state index in [-0.39, 0.29) is 5.56 Å². The van der Waals surface area contributed by atoms with E-state index in [0.29, 0.717) is 58.3 Å². The van der Waals surface area contributed by atoms with Crippen molar-refractivity contribution in [3.63, 3.8) is 0 Å². The Morgan fingerprint density at radius 1 is 0.927 bits per heavy atom. The van der Waals surface area contributed by atoms with Gasteiger partial charge in [0.2, 0.25) is 5.82 Å². The van der Waals surface area contributed by atoms with Gasteiger partial charge in [-0.25, -0.2) is 4.98 Å². The molecular formula is C32H23Br2N3O4. The highest BCUT2D eigenvalue weighted by molar-refractivity contribution is 9.10. The van der Waals surface area contributed by atoms with Crippen LogP contribution < -0.4 is 15.0 Å². The molecule has 0 atom stereocenters. The van der Waals surface area contributed by atoms with Gasteiger partial charge < -0.3 is 13.9 Å². The fourth-order valence-electron chi connectivity index (χ4n) is 4.37. The van der Waals surface area contributed by atoms with E-state index in [9.17, 15) is 4.79 Å². The van der Waals surface area contributed by atoms with E-state index >= 15 is 0 Å². The third-order valence-electron chi connectivity index (χ3n) is 6.38. The van der Waals surface area contributed by atoms with Crippen LogP contribution in [0.15, 0.2) is 114 Å². The van der Waals surface area contributed by atoms with Gasteiger partial charge in [-0.1, -0.05) is 58.4 Å². The van der Waals surface area contributed by atoms with Crippen molar-refractivity contribution in [1.29, 1.82) is 0 Å². The van der Waals surface area contributed by atoms with Gasteiger partial charge in [-0.3, -0.25) is 4.79 Å². The minimum Gasteiger partial charge on any atom is -0.490 e. The van der Waals surface area contributed by atoms with Gasteiger partial charge in [0.25, 0.3) is 5.56 Å². The maximum absolute atomic E-state index is 13.6. The SMILES string of the molecule is CCOc1cc(C=Nn2c(-c3cc4ccccc4o3)nc3ccccc3c2=O)c(Br)cc1OCc1ccc(Br)cc1. The number of ether oxygens (including phenoxy) is 2. The summed E-state index contributed by atoms with van der Waals surface area (Å²) in [5.41, 5.74) is 2.67. The van der Waals surface area contributed by atoms with Crippen LogP contribution in [0.5, 0.6) is 11.5 Å². The first kappa shape index (κ1) is 27.0. The molecule has 41 heavy (non-hydrogen) atoms. The number of furan rings is 1. The van der Waals surface area contributed by atoms with Gasteiger partial charge >= 0.3 is 0 Å². The summed E-state index contributed by atoms with van der Waals surface area (Å²) < 4.78 is 21.1. The number of para-hydroxylation sites is 2. The number of hydrogen-bond acceptors (Lipinski definition) is 6. The Morgan fingerprint density at radius 2 is 1.68 bits per heavy atom. The molecular weight excluding hydrogens is 650 g/mol. The molecule has 4 aromatic carbocycles. The zero-order valence-corrected chi connectivity index (χ0v) is 25.1. The minimum absolute atomic E-state index is 0.303. The summed E-state index contributed by atoms with van der Waals surface area (Å²) in [6.45, 7) is 2.75. The monoisotopic (exact) mass is 671 g/mol. The molecule has 0 bridgehead atoms. The molecule has 0 fully saturated rings. The van der Waals surface area contributed by atoms with Gasteiger partial charge in [0.1, 0.15) is 12.2 Å². The lowest BCUT2D eigenvalue weighted by Gasteiger charge is -2.14. The minimum atomic E-state index is -0.307. The van der Waals surface area contributed by atoms with Crippen molar-refractivity contribution in [3.05, 3.63) is 121 Å². The third kappa shape index (κ3) is 5.68. The number of fused-ring (bicyclic) bond motifs is 2. The third-order valence-corrected chi connectivity index (χ3v) is 7.60. The Bertz CT molecular complexity index is 1930. The molecule has 9 heteroatoms. The fourth-order valence-corrected chi connectivity index (χ4v) is 5.06. The van der Waals surface area contributed by atoms with Crippen LogP contribution in [-0.4, -0.2) is 22.5 Å². The number of nitrogens with zero attached hydrogens (tertiary/aromatic N) is 3. The Morgan fingerprint density at radius 3 is 2.49 bits per heavy atom. The summed E-state index contributed by atoms with van der Waals surface area (Å²) in [6, 6.07) is 28.3. The van der Waals surface area contributed by atoms with E-state index < -0.39 is 0 Å². The standard InChI is InChI=1S/C32H23Br2N3O4/c1-2-39-28-16-22(25(34)17-29(28)40-19-20-11-13-23(33)14-12-20)18-35-37-31(30-15-21-7-3-6-10-27(21)41-30)36-26-9-5-4-8-24(26)32(37)38/h3-18H,2,19H2,1H3. The average molecular weight is 673 g/mol. The van der Waals surface area contributed by atoms with Crippen molar-refractivity contribution in [1.82, 2.24) is 9.66 Å². The molecule has 0 radical (unpaired) electrons. The first-order chi connectivity index (χ1) is 20.0. The maximum Gasteiger partial charge on any atom is 0.282 e. The van der Waals surface area contributed by atoms with Crippen LogP contribution in [0.1, 0.15) is 18.1 Å². The molecule has 0 saturated heterocycles. The van der Waals surface area contributed by atoms with E-state index in [0.717, 1.165) is 19.9 Å². The molecule has 6 rings (SSSR count). The van der Waals surface area contributed by atoms with Crippen LogP contribution in [0.2, 0.25) is 0 Å². The predicted molar refractivity (Wildman–Crippen MR) is 168 cm³/mol. The number of hydrogen-bond donors (Lipinski definition) is 0. The lowest BCUT2D eigenvalue weighted by atomic mass is 10.2. The number of benzene rings is 4. The quantitative estimate of drug-likeness (QED) is 0.152. The largest absolute Gasteiger partial charge is 0.490 e. The normalized spacial score (nSPS) is 11.5. The van der Waals surface area contributed by atoms with Gasteiger partial charge in [-0.05, 0) is 76.9 Å². The van der Waals surface area contributed by atoms with Crippen LogP contribution in [-0.2, 0) is 6.61 Å². The highest BCUT2D eigenvalue weighted by Gasteiger charge is 2.17. The Kier molecular flexibility index (Phi) is 7.71. The van der Waals surface area contributed by atoms with Gasteiger partial charge in [0, 0.05) is 19.9 Å². The smallest absolute Gasteiger partial charge is 0.282 e. The lowest BCUT2D eigenvalue weighted by molar-refractivity contribution is 0.269. The zero-order valence-electron chi connectivity index (χ0n) is 21.9. The fraction of sp³-hybridized carbons (Fsp3) is 0.0938. The van der Waals surface area contributed by atoms with Crippen LogP contribution in [0, 0.1) is 0 Å². The second-order valence-corrected chi connectivity index (χ2v) is 10.9. The molecule has 6 aromatic rings. The molecule has 204 valence electrons. The highest BCUT2D eigenvalue weighted by atomic mass is 79.9. The van der Waals surface area contributed by atoms with E-state index in [1.165, 1.54) is 4.68 Å². The van der Waals surface area contributed by atoms with Crippen molar-refractivity contribution in [3.8, 4) is 23.1 Å². The average Bonchev–Trinajstić information content (AvgIpc) is 3.42. The molecule has 2 aromatic heterocycles. The molecule has 0 aliphatic heterocycles. The Balaban J connectivity index is 1.40. The molecule has 2 heterocycles. The molecule has 0 saturated carbocycles. The van der Waals surface area contributed by atoms with E-state index in [1.807, 2.05) is 79.7 Å². The second kappa shape index (κ2) is 11.7.